The van der Waals surface area contributed by atoms with Crippen molar-refractivity contribution in [3.8, 4) is 0 Å². The molecule has 2 amide bonds. The predicted molar refractivity (Wildman–Crippen MR) is 67.2 cm³/mol. The number of aliphatic hydroxyl groups is 1. The van der Waals surface area contributed by atoms with E-state index in [-0.39, 0.29) is 11.8 Å². The summed E-state index contributed by atoms with van der Waals surface area (Å²) < 4.78 is 0. The molecule has 1 aromatic rings. The quantitative estimate of drug-likeness (QED) is 0.723. The minimum Gasteiger partial charge on any atom is -0.394 e. The van der Waals surface area contributed by atoms with Gasteiger partial charge in [-0.2, -0.15) is 0 Å². The summed E-state index contributed by atoms with van der Waals surface area (Å²) in [5.41, 5.74) is -0.207. The molecule has 0 radical (unpaired) electrons. The molecular formula is C11H16ClN3O2. The van der Waals surface area contributed by atoms with Gasteiger partial charge in [0.15, 0.2) is 5.15 Å². The number of nitrogens with one attached hydrogen (secondary N) is 2. The van der Waals surface area contributed by atoms with Gasteiger partial charge >= 0.3 is 6.03 Å². The predicted octanol–water partition coefficient (Wildman–Crippen LogP) is 2.02. The number of pyridine rings is 1. The Kier molecular flexibility index (Phi) is 4.72. The monoisotopic (exact) mass is 257 g/mol. The zero-order valence-corrected chi connectivity index (χ0v) is 10.6. The van der Waals surface area contributed by atoms with Crippen LogP contribution in [0.2, 0.25) is 5.15 Å². The van der Waals surface area contributed by atoms with Crippen LogP contribution in [-0.4, -0.2) is 28.3 Å². The first kappa shape index (κ1) is 13.7. The Morgan fingerprint density at radius 1 is 1.65 bits per heavy atom. The lowest BCUT2D eigenvalue weighted by Gasteiger charge is -2.27. The summed E-state index contributed by atoms with van der Waals surface area (Å²) in [7, 11) is 0. The van der Waals surface area contributed by atoms with E-state index >= 15 is 0 Å². The van der Waals surface area contributed by atoms with E-state index in [4.69, 9.17) is 11.6 Å². The highest BCUT2D eigenvalue weighted by atomic mass is 35.5. The van der Waals surface area contributed by atoms with Crippen LogP contribution in [0.4, 0.5) is 10.5 Å². The third-order valence-electron chi connectivity index (χ3n) is 2.55. The van der Waals surface area contributed by atoms with E-state index in [1.165, 1.54) is 6.20 Å². The molecule has 1 rings (SSSR count). The lowest BCUT2D eigenvalue weighted by Crippen LogP contribution is -2.50. The highest BCUT2D eigenvalue weighted by molar-refractivity contribution is 6.32. The van der Waals surface area contributed by atoms with Gasteiger partial charge in [-0.1, -0.05) is 18.5 Å². The number of amides is 2. The van der Waals surface area contributed by atoms with E-state index in [2.05, 4.69) is 15.6 Å². The molecule has 1 aromatic heterocycles. The van der Waals surface area contributed by atoms with Gasteiger partial charge in [0, 0.05) is 6.20 Å². The first-order valence-electron chi connectivity index (χ1n) is 5.31. The largest absolute Gasteiger partial charge is 0.394 e. The molecule has 0 aromatic carbocycles. The van der Waals surface area contributed by atoms with Gasteiger partial charge in [0.05, 0.1) is 17.8 Å². The van der Waals surface area contributed by atoms with Crippen molar-refractivity contribution in [3.63, 3.8) is 0 Å². The summed E-state index contributed by atoms with van der Waals surface area (Å²) in [5, 5.41) is 14.7. The molecule has 0 aliphatic heterocycles. The Labute approximate surface area is 105 Å². The first-order valence-corrected chi connectivity index (χ1v) is 5.69. The van der Waals surface area contributed by atoms with Crippen molar-refractivity contribution in [2.75, 3.05) is 11.9 Å². The number of carbonyl (C=O) groups is 1. The normalized spacial score (nSPS) is 13.9. The zero-order chi connectivity index (χ0) is 12.9. The van der Waals surface area contributed by atoms with Crippen LogP contribution < -0.4 is 10.6 Å². The number of aromatic nitrogens is 1. The van der Waals surface area contributed by atoms with E-state index in [9.17, 15) is 9.90 Å². The first-order chi connectivity index (χ1) is 8.00. The van der Waals surface area contributed by atoms with Crippen molar-refractivity contribution in [1.29, 1.82) is 0 Å². The molecule has 5 nitrogen and oxygen atoms in total. The molecule has 0 saturated heterocycles. The molecule has 0 aliphatic rings. The average molecular weight is 258 g/mol. The number of anilines is 1. The van der Waals surface area contributed by atoms with Crippen molar-refractivity contribution >= 4 is 23.3 Å². The van der Waals surface area contributed by atoms with Gasteiger partial charge in [-0.3, -0.25) is 0 Å². The lowest BCUT2D eigenvalue weighted by atomic mass is 10.0. The summed E-state index contributed by atoms with van der Waals surface area (Å²) in [4.78, 5) is 15.5. The van der Waals surface area contributed by atoms with Crippen molar-refractivity contribution in [1.82, 2.24) is 10.3 Å². The van der Waals surface area contributed by atoms with E-state index in [1.807, 2.05) is 6.92 Å². The second-order valence-electron chi connectivity index (χ2n) is 3.99. The maximum atomic E-state index is 11.7. The highest BCUT2D eigenvalue weighted by Crippen LogP contribution is 2.17. The molecule has 0 aliphatic carbocycles. The molecular weight excluding hydrogens is 242 g/mol. The number of rotatable bonds is 4. The molecule has 17 heavy (non-hydrogen) atoms. The van der Waals surface area contributed by atoms with Crippen LogP contribution in [0.1, 0.15) is 20.3 Å². The number of hydrogen-bond acceptors (Lipinski definition) is 3. The molecule has 94 valence electrons. The fourth-order valence-electron chi connectivity index (χ4n) is 1.15. The molecule has 0 fully saturated rings. The van der Waals surface area contributed by atoms with Gasteiger partial charge in [-0.15, -0.1) is 0 Å². The summed E-state index contributed by atoms with van der Waals surface area (Å²) in [6, 6.07) is 2.90. The van der Waals surface area contributed by atoms with Crippen LogP contribution in [0.15, 0.2) is 18.3 Å². The van der Waals surface area contributed by atoms with Gasteiger partial charge < -0.3 is 15.7 Å². The van der Waals surface area contributed by atoms with E-state index < -0.39 is 11.6 Å². The summed E-state index contributed by atoms with van der Waals surface area (Å²) in [6.07, 6.45) is 2.16. The maximum Gasteiger partial charge on any atom is 0.319 e. The molecule has 1 heterocycles. The van der Waals surface area contributed by atoms with Crippen molar-refractivity contribution < 1.29 is 9.90 Å². The van der Waals surface area contributed by atoms with Gasteiger partial charge in [-0.05, 0) is 25.5 Å². The number of aliphatic hydroxyl groups excluding tert-OH is 1. The second kappa shape index (κ2) is 5.84. The van der Waals surface area contributed by atoms with E-state index in [0.29, 0.717) is 12.1 Å². The average Bonchev–Trinajstić information content (AvgIpc) is 2.32. The van der Waals surface area contributed by atoms with Gasteiger partial charge in [0.1, 0.15) is 0 Å². The summed E-state index contributed by atoms with van der Waals surface area (Å²) >= 11 is 5.80. The molecule has 0 unspecified atom stereocenters. The Morgan fingerprint density at radius 2 is 2.35 bits per heavy atom. The Balaban J connectivity index is 2.65. The Morgan fingerprint density at radius 3 is 2.88 bits per heavy atom. The van der Waals surface area contributed by atoms with Gasteiger partial charge in [-0.25, -0.2) is 9.78 Å². The summed E-state index contributed by atoms with van der Waals surface area (Å²) in [6.45, 7) is 3.52. The van der Waals surface area contributed by atoms with Crippen molar-refractivity contribution in [3.05, 3.63) is 23.5 Å². The van der Waals surface area contributed by atoms with Crippen LogP contribution in [-0.2, 0) is 0 Å². The number of nitrogens with zero attached hydrogens (tertiary/aromatic N) is 1. The molecule has 0 spiro atoms. The fourth-order valence-corrected chi connectivity index (χ4v) is 1.31. The minimum atomic E-state index is -0.640. The highest BCUT2D eigenvalue weighted by Gasteiger charge is 2.23. The number of carbonyl (C=O) groups excluding carboxylic acids is 1. The molecule has 6 heteroatoms. The molecule has 3 N–H and O–H groups in total. The Bertz CT molecular complexity index is 394. The minimum absolute atomic E-state index is 0.127. The topological polar surface area (TPSA) is 74.2 Å². The maximum absolute atomic E-state index is 11.7. The molecule has 1 atom stereocenters. The third-order valence-corrected chi connectivity index (χ3v) is 2.85. The van der Waals surface area contributed by atoms with Crippen molar-refractivity contribution in [2.45, 2.75) is 25.8 Å². The van der Waals surface area contributed by atoms with Gasteiger partial charge in [0.25, 0.3) is 0 Å². The van der Waals surface area contributed by atoms with Crippen LogP contribution in [0.5, 0.6) is 0 Å². The van der Waals surface area contributed by atoms with Gasteiger partial charge in [0.2, 0.25) is 0 Å². The summed E-state index contributed by atoms with van der Waals surface area (Å²) in [5.74, 6) is 0. The fraction of sp³-hybridized carbons (Fsp3) is 0.455. The number of hydrogen-bond donors (Lipinski definition) is 3. The van der Waals surface area contributed by atoms with Crippen LogP contribution in [0.3, 0.4) is 0 Å². The van der Waals surface area contributed by atoms with Crippen LogP contribution >= 0.6 is 11.6 Å². The molecule has 0 saturated carbocycles. The number of halogens is 1. The van der Waals surface area contributed by atoms with Crippen LogP contribution in [0.25, 0.3) is 0 Å². The van der Waals surface area contributed by atoms with Crippen molar-refractivity contribution in [2.24, 2.45) is 0 Å². The lowest BCUT2D eigenvalue weighted by molar-refractivity contribution is 0.172. The number of urea groups is 1. The zero-order valence-electron chi connectivity index (χ0n) is 9.83. The van der Waals surface area contributed by atoms with E-state index in [0.717, 1.165) is 0 Å². The Hall–Kier alpha value is -1.33. The SMILES string of the molecule is CC[C@@](C)(CO)NC(=O)Nc1cccnc1Cl. The molecule has 0 bridgehead atoms. The second-order valence-corrected chi connectivity index (χ2v) is 4.35. The van der Waals surface area contributed by atoms with E-state index in [1.54, 1.807) is 19.1 Å². The standard InChI is InChI=1S/C11H16ClN3O2/c1-3-11(2,7-16)15-10(17)14-8-5-4-6-13-9(8)12/h4-6,16H,3,7H2,1-2H3,(H2,14,15,17)/t11-/m0/s1. The third kappa shape index (κ3) is 3.87. The van der Waals surface area contributed by atoms with Crippen LogP contribution in [0, 0.1) is 0 Å². The smallest absolute Gasteiger partial charge is 0.319 e.